The first-order chi connectivity index (χ1) is 11.5. The zero-order valence-electron chi connectivity index (χ0n) is 15.9. The predicted octanol–water partition coefficient (Wildman–Crippen LogP) is 1.05. The molecule has 6 heteroatoms. The Hall–Kier alpha value is -0.244. The van der Waals surface area contributed by atoms with E-state index in [0.717, 1.165) is 5.69 Å². The molecule has 0 heterocycles. The zero-order valence-corrected chi connectivity index (χ0v) is 19.9. The number of hydrogen-bond donors (Lipinski definition) is 2. The third-order valence-corrected chi connectivity index (χ3v) is 3.18. The molecule has 25 heavy (non-hydrogen) atoms. The number of anilines is 1. The third kappa shape index (κ3) is 13.6. The molecule has 1 rings (SSSR count). The second kappa shape index (κ2) is 17.2. The van der Waals surface area contributed by atoms with Crippen LogP contribution in [0.5, 0.6) is 5.75 Å². The Morgan fingerprint density at radius 2 is 2.16 bits per heavy atom. The maximum absolute atomic E-state index is 11.1. The van der Waals surface area contributed by atoms with Gasteiger partial charge in [-0.05, 0) is 6.07 Å². The minimum Gasteiger partial charge on any atom is -0.539 e. The van der Waals surface area contributed by atoms with Crippen molar-refractivity contribution >= 4 is 29.3 Å². The van der Waals surface area contributed by atoms with Crippen LogP contribution in [0.15, 0.2) is 24.3 Å². The summed E-state index contributed by atoms with van der Waals surface area (Å²) in [4.78, 5) is 11.1. The molecule has 0 aromatic heterocycles. The number of methoxy groups -OCH3 is 1. The van der Waals surface area contributed by atoms with Crippen LogP contribution in [0.1, 0.15) is 38.7 Å². The molecule has 1 aromatic rings. The van der Waals surface area contributed by atoms with E-state index in [0.29, 0.717) is 17.2 Å². The van der Waals surface area contributed by atoms with Crippen molar-refractivity contribution in [2.45, 2.75) is 33.1 Å². The Morgan fingerprint density at radius 3 is 2.60 bits per heavy atom. The van der Waals surface area contributed by atoms with E-state index < -0.39 is 0 Å². The number of carbonyl (C=O) groups excluding carboxylic acids is 1. The number of thiocarbonyl (C=S) groups is 1. The van der Waals surface area contributed by atoms with Gasteiger partial charge in [0.05, 0.1) is 13.0 Å². The number of amides is 1. The first kappa shape index (κ1) is 27.0. The summed E-state index contributed by atoms with van der Waals surface area (Å²) in [5.41, 5.74) is 3.73. The zero-order chi connectivity index (χ0) is 18.4. The van der Waals surface area contributed by atoms with Gasteiger partial charge in [0.25, 0.3) is 0 Å². The molecule has 4 nitrogen and oxygen atoms in total. The van der Waals surface area contributed by atoms with Crippen molar-refractivity contribution in [3.8, 4) is 5.75 Å². The summed E-state index contributed by atoms with van der Waals surface area (Å²) in [6.45, 7) is 8.25. The van der Waals surface area contributed by atoms with Crippen molar-refractivity contribution < 1.29 is 60.9 Å². The fourth-order valence-electron chi connectivity index (χ4n) is 1.75. The summed E-state index contributed by atoms with van der Waals surface area (Å²) in [5.74, 6) is 0.909. The van der Waals surface area contributed by atoms with E-state index in [1.54, 1.807) is 13.2 Å². The van der Waals surface area contributed by atoms with E-state index in [1.807, 2.05) is 19.2 Å². The largest absolute Gasteiger partial charge is 1.00 e. The SMILES string of the molecule is CNc1ccc([C-]=CC(=O)N[C-]=S)c(OC)c1.[CH2-][C@H](C)CCCC.[K+]. The molecule has 0 saturated heterocycles. The van der Waals surface area contributed by atoms with Crippen LogP contribution in [0.25, 0.3) is 0 Å². The first-order valence-corrected chi connectivity index (χ1v) is 8.35. The Labute approximate surface area is 200 Å². The molecule has 0 saturated carbocycles. The molecular formula is C19H27KN2O2S-2. The summed E-state index contributed by atoms with van der Waals surface area (Å²) < 4.78 is 5.19. The molecule has 0 unspecified atom stereocenters. The Morgan fingerprint density at radius 1 is 1.48 bits per heavy atom. The van der Waals surface area contributed by atoms with Crippen molar-refractivity contribution in [1.29, 1.82) is 0 Å². The van der Waals surface area contributed by atoms with E-state index in [1.165, 1.54) is 25.3 Å². The quantitative estimate of drug-likeness (QED) is 0.231. The predicted molar refractivity (Wildman–Crippen MR) is 104 cm³/mol. The molecule has 1 atom stereocenters. The average Bonchev–Trinajstić information content (AvgIpc) is 2.58. The fraction of sp³-hybridized carbons (Fsp3) is 0.421. The molecule has 0 aliphatic heterocycles. The third-order valence-electron chi connectivity index (χ3n) is 3.07. The van der Waals surface area contributed by atoms with Crippen LogP contribution in [-0.4, -0.2) is 25.6 Å². The van der Waals surface area contributed by atoms with Gasteiger partial charge in [-0.15, -0.1) is 23.8 Å². The monoisotopic (exact) mass is 386 g/mol. The van der Waals surface area contributed by atoms with Gasteiger partial charge in [-0.2, -0.15) is 5.92 Å². The number of nitrogens with one attached hydrogen (secondary N) is 2. The standard InChI is InChI=1S/C12H12N2O2S.C7H15.K/c1-13-10-5-3-9(11(7-10)16-2)4-6-12(15)14-8-17;1-4-5-6-7(2)3;/h3,5-7,13H,1-2H3,(H,14,15,17);7H,2,4-6H2,1,3H3;/q-2;-1;+1/t;7-;/m.1./s1. The van der Waals surface area contributed by atoms with Gasteiger partial charge >= 0.3 is 51.4 Å². The smallest absolute Gasteiger partial charge is 0.539 e. The number of hydrogen-bond acceptors (Lipinski definition) is 4. The van der Waals surface area contributed by atoms with Gasteiger partial charge in [0.1, 0.15) is 0 Å². The molecule has 0 radical (unpaired) electrons. The van der Waals surface area contributed by atoms with Crippen molar-refractivity contribution in [2.24, 2.45) is 5.92 Å². The Bertz CT molecular complexity index is 534. The summed E-state index contributed by atoms with van der Waals surface area (Å²) in [6.07, 6.45) is 8.00. The van der Waals surface area contributed by atoms with E-state index in [9.17, 15) is 4.79 Å². The minimum atomic E-state index is -0.375. The summed E-state index contributed by atoms with van der Waals surface area (Å²) in [7, 11) is 3.38. The number of benzene rings is 1. The van der Waals surface area contributed by atoms with Crippen LogP contribution >= 0.6 is 12.2 Å². The average molecular weight is 387 g/mol. The topological polar surface area (TPSA) is 50.4 Å². The molecular weight excluding hydrogens is 359 g/mol. The molecule has 0 aliphatic rings. The van der Waals surface area contributed by atoms with Crippen LogP contribution in [-0.2, 0) is 4.79 Å². The van der Waals surface area contributed by atoms with E-state index >= 15 is 0 Å². The van der Waals surface area contributed by atoms with Crippen molar-refractivity contribution in [2.75, 3.05) is 19.5 Å². The normalized spacial score (nSPS) is 10.8. The van der Waals surface area contributed by atoms with Gasteiger partial charge in [-0.1, -0.05) is 44.7 Å². The van der Waals surface area contributed by atoms with Gasteiger partial charge in [0, 0.05) is 18.5 Å². The maximum Gasteiger partial charge on any atom is 1.00 e. The van der Waals surface area contributed by atoms with Crippen LogP contribution in [0.4, 0.5) is 5.69 Å². The summed E-state index contributed by atoms with van der Waals surface area (Å²) >= 11 is 4.38. The Kier molecular flexibility index (Phi) is 18.5. The maximum atomic E-state index is 11.1. The van der Waals surface area contributed by atoms with Gasteiger partial charge < -0.3 is 27.1 Å². The van der Waals surface area contributed by atoms with E-state index in [-0.39, 0.29) is 57.3 Å². The first-order valence-electron chi connectivity index (χ1n) is 7.94. The van der Waals surface area contributed by atoms with Gasteiger partial charge in [-0.3, -0.25) is 0 Å². The molecule has 2 N–H and O–H groups in total. The van der Waals surface area contributed by atoms with E-state index in [2.05, 4.69) is 55.2 Å². The molecule has 0 spiro atoms. The number of rotatable bonds is 8. The molecule has 1 aromatic carbocycles. The number of carbonyl (C=O) groups is 1. The minimum absolute atomic E-state index is 0. The second-order valence-corrected chi connectivity index (χ2v) is 5.50. The Balaban J connectivity index is 0. The van der Waals surface area contributed by atoms with Crippen molar-refractivity contribution in [3.63, 3.8) is 0 Å². The second-order valence-electron chi connectivity index (χ2n) is 5.29. The molecule has 0 fully saturated rings. The fourth-order valence-corrected chi connectivity index (χ4v) is 1.85. The molecule has 1 amide bonds. The number of ether oxygens (including phenoxy) is 1. The van der Waals surface area contributed by atoms with Crippen LogP contribution in [0, 0.1) is 18.9 Å². The summed E-state index contributed by atoms with van der Waals surface area (Å²) in [5, 5.41) is 5.22. The van der Waals surface area contributed by atoms with Crippen molar-refractivity contribution in [3.05, 3.63) is 42.8 Å². The van der Waals surface area contributed by atoms with Crippen LogP contribution < -0.4 is 66.8 Å². The van der Waals surface area contributed by atoms with Crippen LogP contribution in [0.3, 0.4) is 0 Å². The van der Waals surface area contributed by atoms with Gasteiger partial charge in [0.15, 0.2) is 0 Å². The summed E-state index contributed by atoms with van der Waals surface area (Å²) in [6, 6.07) is 5.48. The van der Waals surface area contributed by atoms with Crippen molar-refractivity contribution in [1.82, 2.24) is 5.32 Å². The number of unbranched alkanes of at least 4 members (excludes halogenated alkanes) is 1. The molecule has 0 aliphatic carbocycles. The van der Waals surface area contributed by atoms with Gasteiger partial charge in [0.2, 0.25) is 0 Å². The molecule has 0 bridgehead atoms. The van der Waals surface area contributed by atoms with Crippen LogP contribution in [0.2, 0.25) is 0 Å². The van der Waals surface area contributed by atoms with Gasteiger partial charge in [-0.25, -0.2) is 12.2 Å². The van der Waals surface area contributed by atoms with E-state index in [4.69, 9.17) is 4.74 Å². The molecule has 134 valence electrons.